The molecule has 0 bridgehead atoms. The molecule has 22 heavy (non-hydrogen) atoms. The smallest absolute Gasteiger partial charge is 0.239 e. The van der Waals surface area contributed by atoms with Gasteiger partial charge in [0.2, 0.25) is 11.8 Å². The Balaban J connectivity index is 2.48. The fourth-order valence-corrected chi connectivity index (χ4v) is 1.82. The number of carbonyl (C=O) groups excluding carboxylic acids is 2. The van der Waals surface area contributed by atoms with Gasteiger partial charge >= 0.3 is 0 Å². The van der Waals surface area contributed by atoms with Crippen molar-refractivity contribution in [2.45, 2.75) is 40.7 Å². The average molecular weight is 306 g/mol. The van der Waals surface area contributed by atoms with Gasteiger partial charge in [-0.2, -0.15) is 0 Å². The molecule has 0 heterocycles. The molecule has 1 aromatic carbocycles. The Morgan fingerprint density at radius 1 is 1.18 bits per heavy atom. The summed E-state index contributed by atoms with van der Waals surface area (Å²) in [5, 5.41) is 5.49. The minimum Gasteiger partial charge on any atom is -0.494 e. The summed E-state index contributed by atoms with van der Waals surface area (Å²) in [7, 11) is 0. The second-order valence-electron chi connectivity index (χ2n) is 6.22. The van der Waals surface area contributed by atoms with Crippen molar-refractivity contribution in [2.75, 3.05) is 13.2 Å². The Bertz CT molecular complexity index is 504. The van der Waals surface area contributed by atoms with Gasteiger partial charge in [-0.05, 0) is 31.5 Å². The lowest BCUT2D eigenvalue weighted by molar-refractivity contribution is -0.131. The van der Waals surface area contributed by atoms with Crippen LogP contribution in [-0.4, -0.2) is 25.0 Å². The van der Waals surface area contributed by atoms with Crippen molar-refractivity contribution in [3.05, 3.63) is 29.8 Å². The average Bonchev–Trinajstić information content (AvgIpc) is 2.44. The Morgan fingerprint density at radius 2 is 1.77 bits per heavy atom. The van der Waals surface area contributed by atoms with Crippen LogP contribution in [0, 0.1) is 5.41 Å². The normalized spacial score (nSPS) is 12.4. The van der Waals surface area contributed by atoms with Gasteiger partial charge in [0.15, 0.2) is 0 Å². The maximum Gasteiger partial charge on any atom is 0.239 e. The van der Waals surface area contributed by atoms with Crippen LogP contribution in [0.15, 0.2) is 24.3 Å². The predicted octanol–water partition coefficient (Wildman–Crippen LogP) is 2.42. The predicted molar refractivity (Wildman–Crippen MR) is 86.6 cm³/mol. The number of rotatable bonds is 6. The maximum absolute atomic E-state index is 11.9. The number of nitrogens with one attached hydrogen (secondary N) is 2. The standard InChI is InChI=1S/C17H26N2O3/c1-6-22-14-9-7-13(8-10-14)12(2)19-15(20)11-18-16(21)17(3,4)5/h7-10,12H,6,11H2,1-5H3,(H,18,21)(H,19,20). The largest absolute Gasteiger partial charge is 0.494 e. The summed E-state index contributed by atoms with van der Waals surface area (Å²) in [5.41, 5.74) is 0.486. The summed E-state index contributed by atoms with van der Waals surface area (Å²) in [4.78, 5) is 23.6. The number of amides is 2. The van der Waals surface area contributed by atoms with Crippen LogP contribution in [0.3, 0.4) is 0 Å². The van der Waals surface area contributed by atoms with Crippen molar-refractivity contribution in [1.82, 2.24) is 10.6 Å². The van der Waals surface area contributed by atoms with Crippen LogP contribution < -0.4 is 15.4 Å². The van der Waals surface area contributed by atoms with Crippen LogP contribution in [0.25, 0.3) is 0 Å². The van der Waals surface area contributed by atoms with Crippen molar-refractivity contribution in [1.29, 1.82) is 0 Å². The second-order valence-corrected chi connectivity index (χ2v) is 6.22. The van der Waals surface area contributed by atoms with Gasteiger partial charge in [0.1, 0.15) is 5.75 Å². The Kier molecular flexibility index (Phi) is 6.40. The van der Waals surface area contributed by atoms with Crippen molar-refractivity contribution in [2.24, 2.45) is 5.41 Å². The van der Waals surface area contributed by atoms with Gasteiger partial charge in [-0.15, -0.1) is 0 Å². The fraction of sp³-hybridized carbons (Fsp3) is 0.529. The third kappa shape index (κ3) is 5.76. The minimum atomic E-state index is -0.499. The molecule has 2 amide bonds. The molecule has 0 fully saturated rings. The molecule has 0 spiro atoms. The van der Waals surface area contributed by atoms with E-state index in [4.69, 9.17) is 4.74 Å². The van der Waals surface area contributed by atoms with Crippen molar-refractivity contribution < 1.29 is 14.3 Å². The summed E-state index contributed by atoms with van der Waals surface area (Å²) in [6.07, 6.45) is 0. The van der Waals surface area contributed by atoms with E-state index >= 15 is 0 Å². The summed E-state index contributed by atoms with van der Waals surface area (Å²) < 4.78 is 5.38. The summed E-state index contributed by atoms with van der Waals surface area (Å²) >= 11 is 0. The molecule has 0 saturated heterocycles. The molecule has 0 saturated carbocycles. The number of hydrogen-bond donors (Lipinski definition) is 2. The van der Waals surface area contributed by atoms with Gasteiger partial charge in [-0.3, -0.25) is 9.59 Å². The summed E-state index contributed by atoms with van der Waals surface area (Å²) in [5.74, 6) is 0.456. The highest BCUT2D eigenvalue weighted by molar-refractivity contribution is 5.87. The molecule has 1 unspecified atom stereocenters. The van der Waals surface area contributed by atoms with Gasteiger partial charge in [0, 0.05) is 5.41 Å². The quantitative estimate of drug-likeness (QED) is 0.848. The molecule has 1 aromatic rings. The zero-order valence-electron chi connectivity index (χ0n) is 14.0. The maximum atomic E-state index is 11.9. The van der Waals surface area contributed by atoms with Crippen LogP contribution in [0.2, 0.25) is 0 Å². The molecular formula is C17H26N2O3. The monoisotopic (exact) mass is 306 g/mol. The van der Waals surface area contributed by atoms with E-state index < -0.39 is 5.41 Å². The molecule has 1 rings (SSSR count). The lowest BCUT2D eigenvalue weighted by Crippen LogP contribution is -2.42. The van der Waals surface area contributed by atoms with Crippen LogP contribution in [-0.2, 0) is 9.59 Å². The Morgan fingerprint density at radius 3 is 2.27 bits per heavy atom. The topological polar surface area (TPSA) is 67.4 Å². The van der Waals surface area contributed by atoms with Gasteiger partial charge in [0.25, 0.3) is 0 Å². The number of benzene rings is 1. The highest BCUT2D eigenvalue weighted by atomic mass is 16.5. The molecule has 0 aromatic heterocycles. The number of ether oxygens (including phenoxy) is 1. The van der Waals surface area contributed by atoms with Crippen LogP contribution in [0.5, 0.6) is 5.75 Å². The number of hydrogen-bond acceptors (Lipinski definition) is 3. The Hall–Kier alpha value is -2.04. The molecule has 5 heteroatoms. The molecule has 0 aliphatic heterocycles. The highest BCUT2D eigenvalue weighted by Gasteiger charge is 2.21. The fourth-order valence-electron chi connectivity index (χ4n) is 1.82. The zero-order chi connectivity index (χ0) is 16.8. The molecule has 1 atom stereocenters. The van der Waals surface area contributed by atoms with Gasteiger partial charge < -0.3 is 15.4 Å². The third-order valence-corrected chi connectivity index (χ3v) is 3.16. The lowest BCUT2D eigenvalue weighted by atomic mass is 9.96. The van der Waals surface area contributed by atoms with Crippen LogP contribution in [0.1, 0.15) is 46.2 Å². The van der Waals surface area contributed by atoms with Crippen molar-refractivity contribution >= 4 is 11.8 Å². The molecule has 2 N–H and O–H groups in total. The Labute approximate surface area is 132 Å². The first-order valence-corrected chi connectivity index (χ1v) is 7.54. The van der Waals surface area contributed by atoms with Crippen molar-refractivity contribution in [3.63, 3.8) is 0 Å². The van der Waals surface area contributed by atoms with E-state index in [1.807, 2.05) is 58.9 Å². The van der Waals surface area contributed by atoms with Crippen LogP contribution in [0.4, 0.5) is 0 Å². The second kappa shape index (κ2) is 7.82. The first kappa shape index (κ1) is 18.0. The number of carbonyl (C=O) groups is 2. The SMILES string of the molecule is CCOc1ccc(C(C)NC(=O)CNC(=O)C(C)(C)C)cc1. The third-order valence-electron chi connectivity index (χ3n) is 3.16. The van der Waals surface area contributed by atoms with Gasteiger partial charge in [-0.1, -0.05) is 32.9 Å². The van der Waals surface area contributed by atoms with E-state index in [2.05, 4.69) is 10.6 Å². The first-order chi connectivity index (χ1) is 10.2. The lowest BCUT2D eigenvalue weighted by Gasteiger charge is -2.19. The van der Waals surface area contributed by atoms with E-state index in [1.165, 1.54) is 0 Å². The summed E-state index contributed by atoms with van der Waals surface area (Å²) in [6, 6.07) is 7.47. The van der Waals surface area contributed by atoms with E-state index in [1.54, 1.807) is 0 Å². The highest BCUT2D eigenvalue weighted by Crippen LogP contribution is 2.17. The zero-order valence-corrected chi connectivity index (χ0v) is 14.0. The van der Waals surface area contributed by atoms with E-state index in [-0.39, 0.29) is 24.4 Å². The molecule has 0 aliphatic carbocycles. The van der Waals surface area contributed by atoms with E-state index in [0.717, 1.165) is 11.3 Å². The molecule has 122 valence electrons. The van der Waals surface area contributed by atoms with Gasteiger partial charge in [0.05, 0.1) is 19.2 Å². The molecule has 0 aliphatic rings. The minimum absolute atomic E-state index is 0.0164. The van der Waals surface area contributed by atoms with E-state index in [9.17, 15) is 9.59 Å². The summed E-state index contributed by atoms with van der Waals surface area (Å²) in [6.45, 7) is 9.87. The first-order valence-electron chi connectivity index (χ1n) is 7.54. The molecule has 5 nitrogen and oxygen atoms in total. The molecular weight excluding hydrogens is 280 g/mol. The molecule has 0 radical (unpaired) electrons. The van der Waals surface area contributed by atoms with Crippen molar-refractivity contribution in [3.8, 4) is 5.75 Å². The van der Waals surface area contributed by atoms with E-state index in [0.29, 0.717) is 6.61 Å². The van der Waals surface area contributed by atoms with Crippen LogP contribution >= 0.6 is 0 Å². The van der Waals surface area contributed by atoms with Gasteiger partial charge in [-0.25, -0.2) is 0 Å².